The molecule has 1 heterocycles. The summed E-state index contributed by atoms with van der Waals surface area (Å²) < 4.78 is 25.8. The van der Waals surface area contributed by atoms with Gasteiger partial charge in [-0.25, -0.2) is 8.78 Å². The number of hydrogen-bond acceptors (Lipinski definition) is 2. The summed E-state index contributed by atoms with van der Waals surface area (Å²) in [5, 5.41) is 6.09. The summed E-state index contributed by atoms with van der Waals surface area (Å²) in [4.78, 5) is 11.8. The fourth-order valence-corrected chi connectivity index (χ4v) is 2.40. The van der Waals surface area contributed by atoms with Crippen molar-refractivity contribution < 1.29 is 13.6 Å². The van der Waals surface area contributed by atoms with Gasteiger partial charge in [0.25, 0.3) is 0 Å². The van der Waals surface area contributed by atoms with Crippen LogP contribution in [0.5, 0.6) is 0 Å². The quantitative estimate of drug-likeness (QED) is 0.753. The summed E-state index contributed by atoms with van der Waals surface area (Å²) in [6, 6.07) is 0.190. The van der Waals surface area contributed by atoms with Crippen molar-refractivity contribution in [2.45, 2.75) is 44.1 Å². The molecule has 0 aromatic rings. The second kappa shape index (κ2) is 4.65. The van der Waals surface area contributed by atoms with Gasteiger partial charge in [-0.05, 0) is 25.8 Å². The molecule has 0 aromatic carbocycles. The first-order valence-electron chi connectivity index (χ1n) is 5.96. The van der Waals surface area contributed by atoms with E-state index in [0.717, 1.165) is 19.5 Å². The molecule has 3 nitrogen and oxygen atoms in total. The molecule has 1 saturated carbocycles. The van der Waals surface area contributed by atoms with Gasteiger partial charge in [0.15, 0.2) is 0 Å². The lowest BCUT2D eigenvalue weighted by Crippen LogP contribution is -2.42. The predicted molar refractivity (Wildman–Crippen MR) is 56.3 cm³/mol. The number of rotatable bonds is 2. The smallest absolute Gasteiger partial charge is 0.248 e. The van der Waals surface area contributed by atoms with Gasteiger partial charge in [-0.2, -0.15) is 0 Å². The number of hydrogen-bond donors (Lipinski definition) is 2. The molecule has 1 aliphatic carbocycles. The van der Waals surface area contributed by atoms with Crippen LogP contribution in [0.4, 0.5) is 8.78 Å². The van der Waals surface area contributed by atoms with Crippen LogP contribution in [0, 0.1) is 5.92 Å². The summed E-state index contributed by atoms with van der Waals surface area (Å²) in [5.41, 5.74) is 0. The van der Waals surface area contributed by atoms with E-state index in [1.54, 1.807) is 0 Å². The maximum absolute atomic E-state index is 12.9. The van der Waals surface area contributed by atoms with Gasteiger partial charge >= 0.3 is 0 Å². The minimum Gasteiger partial charge on any atom is -0.352 e. The molecule has 2 fully saturated rings. The normalized spacial score (nSPS) is 30.2. The Balaban J connectivity index is 1.77. The first kappa shape index (κ1) is 11.8. The Hall–Kier alpha value is -0.710. The highest BCUT2D eigenvalue weighted by molar-refractivity contribution is 5.79. The van der Waals surface area contributed by atoms with E-state index < -0.39 is 5.92 Å². The topological polar surface area (TPSA) is 41.1 Å². The van der Waals surface area contributed by atoms with Crippen molar-refractivity contribution in [3.63, 3.8) is 0 Å². The fraction of sp³-hybridized carbons (Fsp3) is 0.909. The van der Waals surface area contributed by atoms with Crippen molar-refractivity contribution in [2.75, 3.05) is 13.1 Å². The third-order valence-corrected chi connectivity index (χ3v) is 3.49. The van der Waals surface area contributed by atoms with Gasteiger partial charge in [-0.3, -0.25) is 4.79 Å². The van der Waals surface area contributed by atoms with E-state index in [9.17, 15) is 13.6 Å². The van der Waals surface area contributed by atoms with Crippen molar-refractivity contribution in [1.29, 1.82) is 0 Å². The molecule has 0 radical (unpaired) electrons. The average molecular weight is 232 g/mol. The second-order valence-corrected chi connectivity index (χ2v) is 4.83. The van der Waals surface area contributed by atoms with Crippen LogP contribution in [0.2, 0.25) is 0 Å². The predicted octanol–water partition coefficient (Wildman–Crippen LogP) is 1.29. The number of amides is 1. The molecule has 1 aliphatic heterocycles. The fourth-order valence-electron chi connectivity index (χ4n) is 2.40. The van der Waals surface area contributed by atoms with Crippen molar-refractivity contribution in [2.24, 2.45) is 5.92 Å². The molecule has 0 spiro atoms. The van der Waals surface area contributed by atoms with Crippen molar-refractivity contribution in [3.8, 4) is 0 Å². The van der Waals surface area contributed by atoms with Gasteiger partial charge in [0, 0.05) is 31.3 Å². The lowest BCUT2D eigenvalue weighted by Gasteiger charge is -2.28. The summed E-state index contributed by atoms with van der Waals surface area (Å²) >= 11 is 0. The molecule has 0 aromatic heterocycles. The number of carbonyl (C=O) groups is 1. The lowest BCUT2D eigenvalue weighted by atomic mass is 9.86. The maximum Gasteiger partial charge on any atom is 0.248 e. The van der Waals surface area contributed by atoms with Gasteiger partial charge in [0.1, 0.15) is 0 Å². The Kier molecular flexibility index (Phi) is 3.42. The van der Waals surface area contributed by atoms with E-state index >= 15 is 0 Å². The first-order valence-corrected chi connectivity index (χ1v) is 5.96. The Labute approximate surface area is 94.0 Å². The summed E-state index contributed by atoms with van der Waals surface area (Å²) in [7, 11) is 0. The highest BCUT2D eigenvalue weighted by atomic mass is 19.3. The molecule has 5 heteroatoms. The average Bonchev–Trinajstić information content (AvgIpc) is 2.70. The Morgan fingerprint density at radius 3 is 2.50 bits per heavy atom. The molecule has 2 N–H and O–H groups in total. The highest BCUT2D eigenvalue weighted by Crippen LogP contribution is 2.36. The van der Waals surface area contributed by atoms with E-state index in [2.05, 4.69) is 10.6 Å². The monoisotopic (exact) mass is 232 g/mol. The number of halogens is 2. The molecular weight excluding hydrogens is 214 g/mol. The summed E-state index contributed by atoms with van der Waals surface area (Å²) in [6.45, 7) is 1.72. The Morgan fingerprint density at radius 1 is 1.25 bits per heavy atom. The van der Waals surface area contributed by atoms with Crippen LogP contribution in [0.3, 0.4) is 0 Å². The number of alkyl halides is 2. The third-order valence-electron chi connectivity index (χ3n) is 3.49. The van der Waals surface area contributed by atoms with Crippen LogP contribution >= 0.6 is 0 Å². The van der Waals surface area contributed by atoms with Crippen LogP contribution in [0.1, 0.15) is 32.1 Å². The van der Waals surface area contributed by atoms with Gasteiger partial charge in [-0.15, -0.1) is 0 Å². The molecule has 0 bridgehead atoms. The largest absolute Gasteiger partial charge is 0.352 e. The van der Waals surface area contributed by atoms with Crippen LogP contribution in [-0.2, 0) is 4.79 Å². The zero-order valence-corrected chi connectivity index (χ0v) is 9.27. The lowest BCUT2D eigenvalue weighted by molar-refractivity contribution is -0.129. The highest BCUT2D eigenvalue weighted by Gasteiger charge is 2.37. The maximum atomic E-state index is 12.9. The molecule has 1 atom stereocenters. The number of nitrogens with one attached hydrogen (secondary N) is 2. The van der Waals surface area contributed by atoms with Crippen LogP contribution in [-0.4, -0.2) is 31.0 Å². The van der Waals surface area contributed by atoms with Gasteiger partial charge < -0.3 is 10.6 Å². The van der Waals surface area contributed by atoms with Crippen LogP contribution < -0.4 is 10.6 Å². The molecule has 2 rings (SSSR count). The Bertz CT molecular complexity index is 255. The standard InChI is InChI=1S/C11H18F2N2O/c12-11(13)4-1-8(2-5-11)10(16)15-9-3-6-14-7-9/h8-9,14H,1-7H2,(H,15,16)/t9-/m1/s1. The summed E-state index contributed by atoms with van der Waals surface area (Å²) in [6.07, 6.45) is 1.29. The van der Waals surface area contributed by atoms with E-state index in [0.29, 0.717) is 12.8 Å². The van der Waals surface area contributed by atoms with Crippen molar-refractivity contribution in [3.05, 3.63) is 0 Å². The molecule has 92 valence electrons. The second-order valence-electron chi connectivity index (χ2n) is 4.83. The number of carbonyl (C=O) groups excluding carboxylic acids is 1. The Morgan fingerprint density at radius 2 is 1.94 bits per heavy atom. The van der Waals surface area contributed by atoms with Gasteiger partial charge in [-0.1, -0.05) is 0 Å². The van der Waals surface area contributed by atoms with Gasteiger partial charge in [0.05, 0.1) is 0 Å². The minimum absolute atomic E-state index is 0.0378. The van der Waals surface area contributed by atoms with E-state index in [-0.39, 0.29) is 30.7 Å². The molecular formula is C11H18F2N2O. The zero-order valence-electron chi connectivity index (χ0n) is 9.27. The molecule has 2 aliphatic rings. The zero-order chi connectivity index (χ0) is 11.6. The van der Waals surface area contributed by atoms with Gasteiger partial charge in [0.2, 0.25) is 11.8 Å². The molecule has 16 heavy (non-hydrogen) atoms. The first-order chi connectivity index (χ1) is 7.57. The summed E-state index contributed by atoms with van der Waals surface area (Å²) in [5.74, 6) is -2.80. The molecule has 1 amide bonds. The van der Waals surface area contributed by atoms with Crippen LogP contribution in [0.15, 0.2) is 0 Å². The van der Waals surface area contributed by atoms with Crippen molar-refractivity contribution in [1.82, 2.24) is 10.6 Å². The van der Waals surface area contributed by atoms with Crippen molar-refractivity contribution >= 4 is 5.91 Å². The molecule has 0 unspecified atom stereocenters. The van der Waals surface area contributed by atoms with E-state index in [1.807, 2.05) is 0 Å². The minimum atomic E-state index is -2.55. The van der Waals surface area contributed by atoms with E-state index in [1.165, 1.54) is 0 Å². The van der Waals surface area contributed by atoms with E-state index in [4.69, 9.17) is 0 Å². The third kappa shape index (κ3) is 2.90. The molecule has 1 saturated heterocycles. The van der Waals surface area contributed by atoms with Crippen LogP contribution in [0.25, 0.3) is 0 Å². The SMILES string of the molecule is O=C(N[C@@H]1CCNC1)C1CCC(F)(F)CC1.